The van der Waals surface area contributed by atoms with Crippen molar-refractivity contribution in [1.82, 2.24) is 14.5 Å². The Bertz CT molecular complexity index is 1100. The third kappa shape index (κ3) is 2.80. The average molecular weight is 416 g/mol. The largest absolute Gasteiger partial charge is 0.387 e. The summed E-state index contributed by atoms with van der Waals surface area (Å²) in [5.41, 5.74) is 2.77. The number of nitrogens with zero attached hydrogens (tertiary/aromatic N) is 3. The van der Waals surface area contributed by atoms with Crippen LogP contribution in [0.1, 0.15) is 43.0 Å². The number of aryl methyl sites for hydroxylation is 1. The first-order valence-corrected chi connectivity index (χ1v) is 9.93. The Morgan fingerprint density at radius 1 is 1.14 bits per heavy atom. The highest BCUT2D eigenvalue weighted by atomic mass is 35.5. The monoisotopic (exact) mass is 415 g/mol. The van der Waals surface area contributed by atoms with E-state index in [1.807, 2.05) is 39.0 Å². The lowest BCUT2D eigenvalue weighted by molar-refractivity contribution is -0.143. The minimum absolute atomic E-state index is 0.523. The molecule has 0 bridgehead atoms. The fourth-order valence-electron chi connectivity index (χ4n) is 4.45. The van der Waals surface area contributed by atoms with Gasteiger partial charge in [-0.15, -0.1) is 0 Å². The van der Waals surface area contributed by atoms with Crippen LogP contribution in [-0.4, -0.2) is 43.1 Å². The molecule has 29 heavy (non-hydrogen) atoms. The first kappa shape index (κ1) is 19.0. The molecule has 1 saturated heterocycles. The summed E-state index contributed by atoms with van der Waals surface area (Å²) in [6.07, 6.45) is -1.03. The summed E-state index contributed by atoms with van der Waals surface area (Å²) in [7, 11) is 0. The van der Waals surface area contributed by atoms with Gasteiger partial charge in [0.25, 0.3) is 0 Å². The number of aliphatic hydroxyl groups excluding tert-OH is 2. The summed E-state index contributed by atoms with van der Waals surface area (Å²) < 4.78 is 14.2. The molecule has 4 heterocycles. The van der Waals surface area contributed by atoms with Crippen LogP contribution in [-0.2, 0) is 15.1 Å². The predicted molar refractivity (Wildman–Crippen MR) is 106 cm³/mol. The number of rotatable bonds is 2. The number of halogens is 1. The standard InChI is InChI=1S/C21H22ClN3O4/c1-10-12-6-7-25(19(12)24-9-23-10)20-16(27)15(26)18(28-20)17-13-5-4-11(22)8-14(13)21(2,3)29-17/h4-9,15-18,20,26-27H,1-3H3/t15-,16+,17+,18-,20+/m0/s1. The molecular weight excluding hydrogens is 394 g/mol. The highest BCUT2D eigenvalue weighted by Crippen LogP contribution is 2.49. The van der Waals surface area contributed by atoms with Gasteiger partial charge in [-0.2, -0.15) is 0 Å². The van der Waals surface area contributed by atoms with Crippen LogP contribution >= 0.6 is 11.6 Å². The maximum absolute atomic E-state index is 10.8. The molecule has 2 aliphatic rings. The molecule has 0 saturated carbocycles. The van der Waals surface area contributed by atoms with Gasteiger partial charge in [0.05, 0.1) is 11.3 Å². The topological polar surface area (TPSA) is 89.6 Å². The highest BCUT2D eigenvalue weighted by Gasteiger charge is 2.52. The van der Waals surface area contributed by atoms with Crippen LogP contribution in [0, 0.1) is 6.92 Å². The number of aliphatic hydroxyl groups is 2. The Labute approximate surface area is 172 Å². The molecule has 3 aromatic rings. The Balaban J connectivity index is 1.52. The minimum atomic E-state index is -1.13. The van der Waals surface area contributed by atoms with Crippen molar-refractivity contribution in [2.45, 2.75) is 57.0 Å². The number of hydrogen-bond donors (Lipinski definition) is 2. The predicted octanol–water partition coefficient (Wildman–Crippen LogP) is 3.02. The number of aromatic nitrogens is 3. The van der Waals surface area contributed by atoms with E-state index < -0.39 is 36.2 Å². The Morgan fingerprint density at radius 3 is 2.72 bits per heavy atom. The van der Waals surface area contributed by atoms with E-state index in [-0.39, 0.29) is 0 Å². The molecule has 152 valence electrons. The molecule has 5 rings (SSSR count). The van der Waals surface area contributed by atoms with E-state index in [9.17, 15) is 10.2 Å². The Kier molecular flexibility index (Phi) is 4.24. The van der Waals surface area contributed by atoms with Crippen molar-refractivity contribution < 1.29 is 19.7 Å². The smallest absolute Gasteiger partial charge is 0.164 e. The molecule has 7 nitrogen and oxygen atoms in total. The molecule has 2 N–H and O–H groups in total. The average Bonchev–Trinajstić information content (AvgIpc) is 3.30. The summed E-state index contributed by atoms with van der Waals surface area (Å²) >= 11 is 6.18. The number of benzene rings is 1. The van der Waals surface area contributed by atoms with Crippen molar-refractivity contribution in [2.24, 2.45) is 0 Å². The van der Waals surface area contributed by atoms with Crippen LogP contribution < -0.4 is 0 Å². The van der Waals surface area contributed by atoms with Crippen molar-refractivity contribution in [1.29, 1.82) is 0 Å². The van der Waals surface area contributed by atoms with Gasteiger partial charge >= 0.3 is 0 Å². The Hall–Kier alpha value is -2.03. The third-order valence-electron chi connectivity index (χ3n) is 5.95. The highest BCUT2D eigenvalue weighted by molar-refractivity contribution is 6.30. The van der Waals surface area contributed by atoms with Crippen LogP contribution in [0.2, 0.25) is 5.02 Å². The van der Waals surface area contributed by atoms with E-state index in [0.29, 0.717) is 10.7 Å². The zero-order valence-electron chi connectivity index (χ0n) is 16.3. The molecule has 1 aromatic carbocycles. The van der Waals surface area contributed by atoms with Gasteiger partial charge in [0.2, 0.25) is 0 Å². The number of hydrogen-bond acceptors (Lipinski definition) is 6. The van der Waals surface area contributed by atoms with Gasteiger partial charge in [-0.1, -0.05) is 17.7 Å². The molecule has 1 fully saturated rings. The van der Waals surface area contributed by atoms with E-state index in [1.54, 1.807) is 16.8 Å². The zero-order chi connectivity index (χ0) is 20.5. The van der Waals surface area contributed by atoms with E-state index in [4.69, 9.17) is 21.1 Å². The Morgan fingerprint density at radius 2 is 1.93 bits per heavy atom. The molecule has 0 amide bonds. The van der Waals surface area contributed by atoms with E-state index in [2.05, 4.69) is 9.97 Å². The molecule has 8 heteroatoms. The molecular formula is C21H22ClN3O4. The fourth-order valence-corrected chi connectivity index (χ4v) is 4.63. The minimum Gasteiger partial charge on any atom is -0.387 e. The van der Waals surface area contributed by atoms with Gasteiger partial charge in [-0.25, -0.2) is 9.97 Å². The van der Waals surface area contributed by atoms with Crippen molar-refractivity contribution in [2.75, 3.05) is 0 Å². The van der Waals surface area contributed by atoms with Crippen molar-refractivity contribution >= 4 is 22.6 Å². The fraction of sp³-hybridized carbons (Fsp3) is 0.429. The second kappa shape index (κ2) is 6.48. The first-order valence-electron chi connectivity index (χ1n) is 9.55. The van der Waals surface area contributed by atoms with Gasteiger partial charge in [0.1, 0.15) is 36.4 Å². The third-order valence-corrected chi connectivity index (χ3v) is 6.18. The van der Waals surface area contributed by atoms with Crippen LogP contribution in [0.25, 0.3) is 11.0 Å². The number of fused-ring (bicyclic) bond motifs is 2. The lowest BCUT2D eigenvalue weighted by Crippen LogP contribution is -2.35. The molecule has 2 aromatic heterocycles. The van der Waals surface area contributed by atoms with Crippen LogP contribution in [0.4, 0.5) is 0 Å². The lowest BCUT2D eigenvalue weighted by Gasteiger charge is -2.25. The van der Waals surface area contributed by atoms with Gasteiger partial charge in [-0.05, 0) is 50.1 Å². The zero-order valence-corrected chi connectivity index (χ0v) is 17.0. The molecule has 0 aliphatic carbocycles. The molecule has 0 radical (unpaired) electrons. The van der Waals surface area contributed by atoms with Gasteiger partial charge in [0, 0.05) is 16.6 Å². The lowest BCUT2D eigenvalue weighted by atomic mass is 9.92. The molecule has 0 unspecified atom stereocenters. The summed E-state index contributed by atoms with van der Waals surface area (Å²) in [6, 6.07) is 7.46. The first-order chi connectivity index (χ1) is 13.8. The maximum atomic E-state index is 10.8. The second-order valence-electron chi connectivity index (χ2n) is 8.17. The molecule has 2 aliphatic heterocycles. The summed E-state index contributed by atoms with van der Waals surface area (Å²) in [5, 5.41) is 23.1. The molecule has 5 atom stereocenters. The van der Waals surface area contributed by atoms with Gasteiger partial charge in [0.15, 0.2) is 6.23 Å². The van der Waals surface area contributed by atoms with Gasteiger partial charge in [-0.3, -0.25) is 0 Å². The summed E-state index contributed by atoms with van der Waals surface area (Å²) in [5.74, 6) is 0. The SMILES string of the molecule is Cc1ncnc2c1ccn2[C@@H]1O[C@H]([C@@H]2OC(C)(C)c3cc(Cl)ccc32)[C@@H](O)[C@H]1O. The van der Waals surface area contributed by atoms with Crippen molar-refractivity contribution in [3.63, 3.8) is 0 Å². The maximum Gasteiger partial charge on any atom is 0.164 e. The van der Waals surface area contributed by atoms with Crippen molar-refractivity contribution in [3.8, 4) is 0 Å². The van der Waals surface area contributed by atoms with Crippen LogP contribution in [0.5, 0.6) is 0 Å². The van der Waals surface area contributed by atoms with Crippen LogP contribution in [0.15, 0.2) is 36.8 Å². The normalized spacial score (nSPS) is 30.8. The molecule has 0 spiro atoms. The number of ether oxygens (including phenoxy) is 2. The van der Waals surface area contributed by atoms with Crippen LogP contribution in [0.3, 0.4) is 0 Å². The summed E-state index contributed by atoms with van der Waals surface area (Å²) in [6.45, 7) is 5.81. The summed E-state index contributed by atoms with van der Waals surface area (Å²) in [4.78, 5) is 8.53. The van der Waals surface area contributed by atoms with E-state index >= 15 is 0 Å². The van der Waals surface area contributed by atoms with E-state index in [1.165, 1.54) is 6.33 Å². The quantitative estimate of drug-likeness (QED) is 0.668. The van der Waals surface area contributed by atoms with Crippen molar-refractivity contribution in [3.05, 3.63) is 58.6 Å². The van der Waals surface area contributed by atoms with E-state index in [0.717, 1.165) is 22.2 Å². The van der Waals surface area contributed by atoms with Gasteiger partial charge < -0.3 is 24.3 Å². The second-order valence-corrected chi connectivity index (χ2v) is 8.61.